The van der Waals surface area contributed by atoms with E-state index < -0.39 is 11.4 Å². The summed E-state index contributed by atoms with van der Waals surface area (Å²) >= 11 is 0. The summed E-state index contributed by atoms with van der Waals surface area (Å²) in [5.74, 6) is 2.38. The molecule has 5 aliphatic rings. The molecular formula is C23H32O6. The predicted molar refractivity (Wildman–Crippen MR) is 102 cm³/mol. The van der Waals surface area contributed by atoms with E-state index >= 15 is 0 Å². The highest BCUT2D eigenvalue weighted by Gasteiger charge is 2.72. The van der Waals surface area contributed by atoms with Crippen molar-refractivity contribution in [2.75, 3.05) is 13.2 Å². The number of rotatable bonds is 5. The molecular weight excluding hydrogens is 372 g/mol. The standard InChI is InChI=1S/C23H32O6/c1-4-22(2,3)20(25)28-11-17(24)29-16-9-12-7-14(16)19-15-8-13(18(12)19)10-23(15)5-6-27-21(23)26/h12-16,18-19H,4-11H2,1-3H3. The van der Waals surface area contributed by atoms with Gasteiger partial charge in [0.2, 0.25) is 0 Å². The van der Waals surface area contributed by atoms with E-state index in [4.69, 9.17) is 14.2 Å². The molecule has 0 aromatic rings. The van der Waals surface area contributed by atoms with Crippen molar-refractivity contribution in [3.8, 4) is 0 Å². The summed E-state index contributed by atoms with van der Waals surface area (Å²) in [7, 11) is 0. The number of carbonyl (C=O) groups excluding carboxylic acids is 3. The van der Waals surface area contributed by atoms with E-state index in [9.17, 15) is 14.4 Å². The second-order valence-electron chi connectivity index (χ2n) is 10.7. The molecule has 4 aliphatic carbocycles. The molecule has 0 radical (unpaired) electrons. The van der Waals surface area contributed by atoms with Crippen LogP contribution in [-0.2, 0) is 28.6 Å². The van der Waals surface area contributed by atoms with Gasteiger partial charge in [0.1, 0.15) is 6.10 Å². The molecule has 6 heteroatoms. The maximum atomic E-state index is 12.5. The molecule has 8 unspecified atom stereocenters. The maximum absolute atomic E-state index is 12.5. The molecule has 1 spiro atoms. The Labute approximate surface area is 172 Å². The van der Waals surface area contributed by atoms with Crippen molar-refractivity contribution in [1.29, 1.82) is 0 Å². The Morgan fingerprint density at radius 1 is 1.17 bits per heavy atom. The zero-order valence-electron chi connectivity index (χ0n) is 17.6. The van der Waals surface area contributed by atoms with Crippen LogP contribution in [0, 0.1) is 46.3 Å². The van der Waals surface area contributed by atoms with Crippen molar-refractivity contribution in [2.45, 2.75) is 65.4 Å². The number of hydrogen-bond acceptors (Lipinski definition) is 6. The molecule has 1 saturated heterocycles. The highest BCUT2D eigenvalue weighted by molar-refractivity contribution is 5.80. The number of hydrogen-bond donors (Lipinski definition) is 0. The van der Waals surface area contributed by atoms with Crippen LogP contribution < -0.4 is 0 Å². The molecule has 0 amide bonds. The Hall–Kier alpha value is -1.59. The van der Waals surface area contributed by atoms with Crippen LogP contribution in [0.5, 0.6) is 0 Å². The molecule has 0 N–H and O–H groups in total. The summed E-state index contributed by atoms with van der Waals surface area (Å²) in [5, 5.41) is 0. The Morgan fingerprint density at radius 2 is 1.97 bits per heavy atom. The summed E-state index contributed by atoms with van der Waals surface area (Å²) < 4.78 is 16.4. The number of ether oxygens (including phenoxy) is 3. The van der Waals surface area contributed by atoms with E-state index in [1.165, 1.54) is 0 Å². The van der Waals surface area contributed by atoms with E-state index in [0.717, 1.165) is 32.1 Å². The van der Waals surface area contributed by atoms with Crippen molar-refractivity contribution >= 4 is 17.9 Å². The van der Waals surface area contributed by atoms with Crippen LogP contribution in [-0.4, -0.2) is 37.2 Å². The van der Waals surface area contributed by atoms with Crippen LogP contribution in [0.4, 0.5) is 0 Å². The molecule has 8 atom stereocenters. The minimum Gasteiger partial charge on any atom is -0.465 e. The van der Waals surface area contributed by atoms with Crippen molar-refractivity contribution in [3.63, 3.8) is 0 Å². The van der Waals surface area contributed by atoms with Crippen molar-refractivity contribution in [3.05, 3.63) is 0 Å². The highest BCUT2D eigenvalue weighted by Crippen LogP contribution is 2.73. The second-order valence-corrected chi connectivity index (χ2v) is 10.7. The van der Waals surface area contributed by atoms with Gasteiger partial charge in [-0.15, -0.1) is 0 Å². The Balaban J connectivity index is 1.22. The van der Waals surface area contributed by atoms with Gasteiger partial charge < -0.3 is 14.2 Å². The van der Waals surface area contributed by atoms with Crippen molar-refractivity contribution in [2.24, 2.45) is 46.3 Å². The lowest BCUT2D eigenvalue weighted by Gasteiger charge is -2.44. The number of cyclic esters (lactones) is 1. The molecule has 0 aromatic heterocycles. The van der Waals surface area contributed by atoms with Crippen molar-refractivity contribution in [1.82, 2.24) is 0 Å². The molecule has 160 valence electrons. The SMILES string of the molecule is CCC(C)(C)C(=O)OCC(=O)OC1CC2CC1C1C2C2CC1C1(CCOC1=O)C2. The second kappa shape index (κ2) is 6.45. The highest BCUT2D eigenvalue weighted by atomic mass is 16.6. The smallest absolute Gasteiger partial charge is 0.344 e. The van der Waals surface area contributed by atoms with E-state index in [1.807, 2.05) is 20.8 Å². The molecule has 6 nitrogen and oxygen atoms in total. The van der Waals surface area contributed by atoms with Crippen LogP contribution in [0.3, 0.4) is 0 Å². The molecule has 4 bridgehead atoms. The van der Waals surface area contributed by atoms with E-state index in [2.05, 4.69) is 0 Å². The zero-order chi connectivity index (χ0) is 20.6. The zero-order valence-corrected chi connectivity index (χ0v) is 17.6. The maximum Gasteiger partial charge on any atom is 0.344 e. The molecule has 29 heavy (non-hydrogen) atoms. The van der Waals surface area contributed by atoms with E-state index in [-0.39, 0.29) is 30.1 Å². The largest absolute Gasteiger partial charge is 0.465 e. The Bertz CT molecular complexity index is 744. The molecule has 1 aliphatic heterocycles. The van der Waals surface area contributed by atoms with Gasteiger partial charge in [0.05, 0.1) is 17.4 Å². The van der Waals surface area contributed by atoms with Gasteiger partial charge in [-0.25, -0.2) is 4.79 Å². The molecule has 0 aromatic carbocycles. The third kappa shape index (κ3) is 2.70. The third-order valence-corrected chi connectivity index (χ3v) is 9.20. The van der Waals surface area contributed by atoms with Gasteiger partial charge in [0, 0.05) is 0 Å². The van der Waals surface area contributed by atoms with Crippen LogP contribution >= 0.6 is 0 Å². The first-order chi connectivity index (χ1) is 13.8. The van der Waals surface area contributed by atoms with Crippen LogP contribution in [0.25, 0.3) is 0 Å². The van der Waals surface area contributed by atoms with Crippen LogP contribution in [0.2, 0.25) is 0 Å². The fourth-order valence-electron chi connectivity index (χ4n) is 7.62. The lowest BCUT2D eigenvalue weighted by molar-refractivity contribution is -0.171. The van der Waals surface area contributed by atoms with Gasteiger partial charge in [-0.1, -0.05) is 6.92 Å². The Morgan fingerprint density at radius 3 is 2.66 bits per heavy atom. The quantitative estimate of drug-likeness (QED) is 0.398. The molecule has 4 saturated carbocycles. The summed E-state index contributed by atoms with van der Waals surface area (Å²) in [6, 6.07) is 0. The summed E-state index contributed by atoms with van der Waals surface area (Å²) in [6.45, 7) is 5.80. The van der Waals surface area contributed by atoms with Crippen LogP contribution in [0.1, 0.15) is 59.3 Å². The van der Waals surface area contributed by atoms with Crippen LogP contribution in [0.15, 0.2) is 0 Å². The van der Waals surface area contributed by atoms with Gasteiger partial charge in [0.25, 0.3) is 0 Å². The minimum absolute atomic E-state index is 0.0187. The minimum atomic E-state index is -0.590. The van der Waals surface area contributed by atoms with Gasteiger partial charge in [-0.3, -0.25) is 9.59 Å². The topological polar surface area (TPSA) is 78.9 Å². The van der Waals surface area contributed by atoms with Crippen molar-refractivity contribution < 1.29 is 28.6 Å². The number of fused-ring (bicyclic) bond motifs is 10. The Kier molecular flexibility index (Phi) is 4.31. The first-order valence-corrected chi connectivity index (χ1v) is 11.3. The molecule has 1 heterocycles. The lowest BCUT2D eigenvalue weighted by Crippen LogP contribution is -2.46. The monoisotopic (exact) mass is 404 g/mol. The van der Waals surface area contributed by atoms with E-state index in [1.54, 1.807) is 0 Å². The average Bonchev–Trinajstić information content (AvgIpc) is 3.47. The fraction of sp³-hybridized carbons (Fsp3) is 0.870. The molecule has 5 fully saturated rings. The number of carbonyl (C=O) groups is 3. The normalized spacial score (nSPS) is 44.2. The summed E-state index contributed by atoms with van der Waals surface area (Å²) in [5.41, 5.74) is -0.848. The summed E-state index contributed by atoms with van der Waals surface area (Å²) in [6.07, 6.45) is 5.60. The van der Waals surface area contributed by atoms with Gasteiger partial charge in [-0.05, 0) is 87.9 Å². The predicted octanol–water partition coefficient (Wildman–Crippen LogP) is 3.12. The van der Waals surface area contributed by atoms with E-state index in [0.29, 0.717) is 48.5 Å². The first-order valence-electron chi connectivity index (χ1n) is 11.3. The van der Waals surface area contributed by atoms with Gasteiger partial charge >= 0.3 is 17.9 Å². The third-order valence-electron chi connectivity index (χ3n) is 9.20. The van der Waals surface area contributed by atoms with Gasteiger partial charge in [0.15, 0.2) is 6.61 Å². The first kappa shape index (κ1) is 19.4. The summed E-state index contributed by atoms with van der Waals surface area (Å²) in [4.78, 5) is 37.0. The fourth-order valence-corrected chi connectivity index (χ4v) is 7.62. The average molecular weight is 405 g/mol. The lowest BCUT2D eigenvalue weighted by atomic mass is 9.60. The number of esters is 3. The van der Waals surface area contributed by atoms with Gasteiger partial charge in [-0.2, -0.15) is 0 Å². The molecule has 5 rings (SSSR count).